The summed E-state index contributed by atoms with van der Waals surface area (Å²) >= 11 is 10.1. The average Bonchev–Trinajstić information content (AvgIpc) is 2.84. The summed E-state index contributed by atoms with van der Waals surface area (Å²) in [5.74, 6) is 0.868. The summed E-state index contributed by atoms with van der Waals surface area (Å²) in [5, 5.41) is 4.78. The number of anilines is 2. The molecule has 0 bridgehead atoms. The maximum absolute atomic E-state index is 6.23. The van der Waals surface area contributed by atoms with Gasteiger partial charge in [0.1, 0.15) is 5.75 Å². The largest absolute Gasteiger partial charge is 0.494 e. The summed E-state index contributed by atoms with van der Waals surface area (Å²) < 4.78 is 7.70. The molecule has 0 saturated carbocycles. The van der Waals surface area contributed by atoms with E-state index in [0.717, 1.165) is 30.4 Å². The molecule has 0 fully saturated rings. The van der Waals surface area contributed by atoms with Gasteiger partial charge in [0.2, 0.25) is 0 Å². The third kappa shape index (κ3) is 3.41. The fourth-order valence-electron chi connectivity index (χ4n) is 1.92. The monoisotopic (exact) mass is 430 g/mol. The molecule has 0 amide bonds. The third-order valence-corrected chi connectivity index (χ3v) is 4.76. The molecular formula is C15H12ClIN2OS. The van der Waals surface area contributed by atoms with Crippen LogP contribution in [0.25, 0.3) is 10.2 Å². The zero-order valence-corrected chi connectivity index (χ0v) is 14.9. The zero-order valence-electron chi connectivity index (χ0n) is 11.2. The molecular weight excluding hydrogens is 419 g/mol. The van der Waals surface area contributed by atoms with Crippen molar-refractivity contribution in [3.05, 3.63) is 45.0 Å². The van der Waals surface area contributed by atoms with Gasteiger partial charge in [0.05, 0.1) is 27.5 Å². The highest BCUT2D eigenvalue weighted by atomic mass is 127. The number of nitrogens with zero attached hydrogens (tertiary/aromatic N) is 1. The van der Waals surface area contributed by atoms with Gasteiger partial charge in [0, 0.05) is 3.57 Å². The zero-order chi connectivity index (χ0) is 14.8. The maximum Gasteiger partial charge on any atom is 0.188 e. The summed E-state index contributed by atoms with van der Waals surface area (Å²) in [4.78, 5) is 4.56. The van der Waals surface area contributed by atoms with Gasteiger partial charge in [0.15, 0.2) is 5.13 Å². The van der Waals surface area contributed by atoms with Crippen LogP contribution in [0, 0.1) is 3.57 Å². The molecule has 0 atom stereocenters. The minimum absolute atomic E-state index is 0.660. The number of hydrogen-bond acceptors (Lipinski definition) is 4. The first-order chi connectivity index (χ1) is 10.2. The number of benzene rings is 2. The van der Waals surface area contributed by atoms with E-state index in [1.54, 1.807) is 11.3 Å². The summed E-state index contributed by atoms with van der Waals surface area (Å²) in [6.45, 7) is 2.64. The topological polar surface area (TPSA) is 34.1 Å². The number of rotatable bonds is 4. The number of fused-ring (bicyclic) bond motifs is 1. The molecule has 2 aromatic carbocycles. The highest BCUT2D eigenvalue weighted by Gasteiger charge is 2.07. The van der Waals surface area contributed by atoms with Crippen LogP contribution in [0.15, 0.2) is 36.4 Å². The molecule has 0 aliphatic rings. The molecule has 0 unspecified atom stereocenters. The third-order valence-electron chi connectivity index (χ3n) is 2.84. The van der Waals surface area contributed by atoms with Crippen molar-refractivity contribution < 1.29 is 4.74 Å². The molecule has 3 nitrogen and oxygen atoms in total. The van der Waals surface area contributed by atoms with E-state index in [4.69, 9.17) is 16.3 Å². The SMILES string of the molecule is CCOc1ccc2nc(Nc3ccc(I)cc3Cl)sc2c1. The van der Waals surface area contributed by atoms with E-state index in [0.29, 0.717) is 11.6 Å². The maximum atomic E-state index is 6.23. The van der Waals surface area contributed by atoms with Crippen molar-refractivity contribution in [2.45, 2.75) is 6.92 Å². The van der Waals surface area contributed by atoms with Gasteiger partial charge >= 0.3 is 0 Å². The minimum Gasteiger partial charge on any atom is -0.494 e. The first-order valence-electron chi connectivity index (χ1n) is 6.41. The number of hydrogen-bond donors (Lipinski definition) is 1. The molecule has 3 rings (SSSR count). The Balaban J connectivity index is 1.90. The van der Waals surface area contributed by atoms with E-state index in [1.165, 1.54) is 0 Å². The fraction of sp³-hybridized carbons (Fsp3) is 0.133. The molecule has 1 N–H and O–H groups in total. The molecule has 21 heavy (non-hydrogen) atoms. The standard InChI is InChI=1S/C15H12ClIN2OS/c1-2-20-10-4-6-13-14(8-10)21-15(19-13)18-12-5-3-9(17)7-11(12)16/h3-8H,2H2,1H3,(H,18,19). The summed E-state index contributed by atoms with van der Waals surface area (Å²) in [5.41, 5.74) is 1.81. The Morgan fingerprint density at radius 2 is 2.14 bits per heavy atom. The summed E-state index contributed by atoms with van der Waals surface area (Å²) in [6, 6.07) is 11.8. The molecule has 0 aliphatic heterocycles. The van der Waals surface area contributed by atoms with Gasteiger partial charge in [-0.2, -0.15) is 0 Å². The van der Waals surface area contributed by atoms with Crippen LogP contribution >= 0.6 is 45.5 Å². The molecule has 0 radical (unpaired) electrons. The second-order valence-electron chi connectivity index (χ2n) is 4.33. The second-order valence-corrected chi connectivity index (χ2v) is 7.01. The van der Waals surface area contributed by atoms with Crippen molar-refractivity contribution in [2.24, 2.45) is 0 Å². The Bertz CT molecular complexity index is 790. The predicted molar refractivity (Wildman–Crippen MR) is 98.2 cm³/mol. The number of nitrogens with one attached hydrogen (secondary N) is 1. The van der Waals surface area contributed by atoms with Crippen LogP contribution in [0.2, 0.25) is 5.02 Å². The van der Waals surface area contributed by atoms with Crippen molar-refractivity contribution >= 4 is 66.6 Å². The lowest BCUT2D eigenvalue weighted by atomic mass is 10.3. The quantitative estimate of drug-likeness (QED) is 0.539. The van der Waals surface area contributed by atoms with Crippen molar-refractivity contribution in [1.82, 2.24) is 4.98 Å². The minimum atomic E-state index is 0.660. The first-order valence-corrected chi connectivity index (χ1v) is 8.68. The molecule has 0 saturated heterocycles. The molecule has 108 valence electrons. The fourth-order valence-corrected chi connectivity index (χ4v) is 3.73. The second kappa shape index (κ2) is 6.37. The molecule has 0 aliphatic carbocycles. The molecule has 1 aromatic heterocycles. The number of ether oxygens (including phenoxy) is 1. The van der Waals surface area contributed by atoms with Gasteiger partial charge in [0.25, 0.3) is 0 Å². The Morgan fingerprint density at radius 1 is 1.29 bits per heavy atom. The Hall–Kier alpha value is -1.05. The van der Waals surface area contributed by atoms with Gasteiger partial charge < -0.3 is 10.1 Å². The Kier molecular flexibility index (Phi) is 4.51. The lowest BCUT2D eigenvalue weighted by molar-refractivity contribution is 0.341. The Labute approximate surface area is 145 Å². The number of thiazole rings is 1. The van der Waals surface area contributed by atoms with Crippen molar-refractivity contribution in [3.63, 3.8) is 0 Å². The van der Waals surface area contributed by atoms with Gasteiger partial charge in [-0.05, 0) is 65.9 Å². The van der Waals surface area contributed by atoms with Crippen LogP contribution in [0.5, 0.6) is 5.75 Å². The molecule has 6 heteroatoms. The lowest BCUT2D eigenvalue weighted by Crippen LogP contribution is -1.90. The van der Waals surface area contributed by atoms with Crippen LogP contribution in [0.1, 0.15) is 6.92 Å². The van der Waals surface area contributed by atoms with Crippen LogP contribution in [0.4, 0.5) is 10.8 Å². The van der Waals surface area contributed by atoms with E-state index in [1.807, 2.05) is 43.3 Å². The normalized spacial score (nSPS) is 10.8. The summed E-state index contributed by atoms with van der Waals surface area (Å²) in [7, 11) is 0. The van der Waals surface area contributed by atoms with E-state index in [9.17, 15) is 0 Å². The molecule has 3 aromatic rings. The van der Waals surface area contributed by atoms with Crippen LogP contribution in [-0.2, 0) is 0 Å². The van der Waals surface area contributed by atoms with E-state index < -0.39 is 0 Å². The van der Waals surface area contributed by atoms with E-state index in [2.05, 4.69) is 32.9 Å². The molecule has 0 spiro atoms. The molecule has 1 heterocycles. The Morgan fingerprint density at radius 3 is 2.90 bits per heavy atom. The lowest BCUT2D eigenvalue weighted by Gasteiger charge is -2.04. The number of aromatic nitrogens is 1. The first kappa shape index (κ1) is 14.9. The highest BCUT2D eigenvalue weighted by molar-refractivity contribution is 14.1. The van der Waals surface area contributed by atoms with Crippen LogP contribution in [0.3, 0.4) is 0 Å². The van der Waals surface area contributed by atoms with E-state index in [-0.39, 0.29) is 0 Å². The van der Waals surface area contributed by atoms with Crippen molar-refractivity contribution in [3.8, 4) is 5.75 Å². The predicted octanol–water partition coefficient (Wildman–Crippen LogP) is 5.70. The van der Waals surface area contributed by atoms with E-state index >= 15 is 0 Å². The van der Waals surface area contributed by atoms with Gasteiger partial charge in [-0.3, -0.25) is 0 Å². The summed E-state index contributed by atoms with van der Waals surface area (Å²) in [6.07, 6.45) is 0. The van der Waals surface area contributed by atoms with Gasteiger partial charge in [-0.1, -0.05) is 22.9 Å². The van der Waals surface area contributed by atoms with Crippen molar-refractivity contribution in [2.75, 3.05) is 11.9 Å². The van der Waals surface area contributed by atoms with Crippen LogP contribution in [-0.4, -0.2) is 11.6 Å². The van der Waals surface area contributed by atoms with Crippen LogP contribution < -0.4 is 10.1 Å². The van der Waals surface area contributed by atoms with Gasteiger partial charge in [-0.15, -0.1) is 0 Å². The average molecular weight is 431 g/mol. The van der Waals surface area contributed by atoms with Crippen molar-refractivity contribution in [1.29, 1.82) is 0 Å². The highest BCUT2D eigenvalue weighted by Crippen LogP contribution is 2.33. The van der Waals surface area contributed by atoms with Gasteiger partial charge in [-0.25, -0.2) is 4.98 Å². The smallest absolute Gasteiger partial charge is 0.188 e. The number of halogens is 2.